The van der Waals surface area contributed by atoms with Gasteiger partial charge in [0.25, 0.3) is 0 Å². The number of halogens is 2. The van der Waals surface area contributed by atoms with Gasteiger partial charge in [0.15, 0.2) is 6.10 Å². The Morgan fingerprint density at radius 2 is 1.79 bits per heavy atom. The largest absolute Gasteiger partial charge is 0.478 e. The molecule has 0 aromatic heterocycles. The van der Waals surface area contributed by atoms with Gasteiger partial charge in [-0.25, -0.2) is 4.79 Å². The number of hydrogen-bond donors (Lipinski definition) is 1. The van der Waals surface area contributed by atoms with Crippen LogP contribution in [0.4, 0.5) is 0 Å². The third-order valence-electron chi connectivity index (χ3n) is 3.64. The molecule has 2 aromatic rings. The molecule has 128 valence electrons. The minimum atomic E-state index is -1.02. The van der Waals surface area contributed by atoms with E-state index in [2.05, 4.69) is 20.8 Å². The molecule has 1 atom stereocenters. The predicted octanol–water partition coefficient (Wildman–Crippen LogP) is 5.37. The second-order valence-electron chi connectivity index (χ2n) is 6.64. The molecule has 24 heavy (non-hydrogen) atoms. The van der Waals surface area contributed by atoms with Crippen LogP contribution in [0.2, 0.25) is 10.0 Å². The van der Waals surface area contributed by atoms with Crippen LogP contribution >= 0.6 is 23.2 Å². The number of benzene rings is 2. The van der Waals surface area contributed by atoms with Gasteiger partial charge in [0.1, 0.15) is 5.75 Å². The van der Waals surface area contributed by atoms with Gasteiger partial charge >= 0.3 is 5.97 Å². The summed E-state index contributed by atoms with van der Waals surface area (Å²) in [5, 5.41) is 10.4. The lowest BCUT2D eigenvalue weighted by atomic mass is 9.86. The van der Waals surface area contributed by atoms with Gasteiger partial charge in [-0.3, -0.25) is 0 Å². The smallest absolute Gasteiger partial charge is 0.345 e. The standard InChI is InChI=1S/C19H20Cl2O3/c1-19(2,3)13-6-4-5-7-16(13)24-17(18(22)23)11-12-8-9-14(20)15(21)10-12/h4-10,17H,11H2,1-3H3,(H,22,23). The molecule has 0 bridgehead atoms. The fourth-order valence-corrected chi connectivity index (χ4v) is 2.72. The van der Waals surface area contributed by atoms with Crippen LogP contribution in [-0.2, 0) is 16.6 Å². The van der Waals surface area contributed by atoms with Gasteiger partial charge in [0, 0.05) is 6.42 Å². The van der Waals surface area contributed by atoms with Gasteiger partial charge in [-0.05, 0) is 34.7 Å². The number of para-hydroxylation sites is 1. The van der Waals surface area contributed by atoms with Crippen LogP contribution in [0.5, 0.6) is 5.75 Å². The van der Waals surface area contributed by atoms with Crippen LogP contribution in [0.1, 0.15) is 31.9 Å². The van der Waals surface area contributed by atoms with Gasteiger partial charge in [-0.1, -0.05) is 68.2 Å². The van der Waals surface area contributed by atoms with Crippen molar-refractivity contribution in [3.63, 3.8) is 0 Å². The van der Waals surface area contributed by atoms with E-state index in [0.29, 0.717) is 15.8 Å². The Morgan fingerprint density at radius 1 is 1.12 bits per heavy atom. The summed E-state index contributed by atoms with van der Waals surface area (Å²) in [6, 6.07) is 12.6. The highest BCUT2D eigenvalue weighted by atomic mass is 35.5. The average Bonchev–Trinajstić information content (AvgIpc) is 2.49. The summed E-state index contributed by atoms with van der Waals surface area (Å²) in [7, 11) is 0. The van der Waals surface area contributed by atoms with Gasteiger partial charge < -0.3 is 9.84 Å². The van der Waals surface area contributed by atoms with E-state index < -0.39 is 12.1 Å². The highest BCUT2D eigenvalue weighted by Crippen LogP contribution is 2.32. The lowest BCUT2D eigenvalue weighted by molar-refractivity contribution is -0.145. The molecular formula is C19H20Cl2O3. The molecule has 0 aliphatic heterocycles. The zero-order valence-electron chi connectivity index (χ0n) is 13.8. The molecule has 3 nitrogen and oxygen atoms in total. The highest BCUT2D eigenvalue weighted by molar-refractivity contribution is 6.42. The maximum atomic E-state index is 11.6. The van der Waals surface area contributed by atoms with Crippen molar-refractivity contribution in [2.24, 2.45) is 0 Å². The van der Waals surface area contributed by atoms with Gasteiger partial charge in [0.05, 0.1) is 10.0 Å². The predicted molar refractivity (Wildman–Crippen MR) is 97.4 cm³/mol. The second kappa shape index (κ2) is 7.45. The molecule has 0 radical (unpaired) electrons. The first kappa shape index (κ1) is 18.6. The van der Waals surface area contributed by atoms with Crippen molar-refractivity contribution < 1.29 is 14.6 Å². The maximum Gasteiger partial charge on any atom is 0.345 e. The van der Waals surface area contributed by atoms with Gasteiger partial charge in [-0.2, -0.15) is 0 Å². The van der Waals surface area contributed by atoms with Crippen LogP contribution in [0.3, 0.4) is 0 Å². The fourth-order valence-electron chi connectivity index (χ4n) is 2.40. The topological polar surface area (TPSA) is 46.5 Å². The second-order valence-corrected chi connectivity index (χ2v) is 7.46. The molecule has 0 saturated heterocycles. The number of hydrogen-bond acceptors (Lipinski definition) is 2. The number of ether oxygens (including phenoxy) is 1. The number of carbonyl (C=O) groups is 1. The number of carboxylic acids is 1. The zero-order chi connectivity index (χ0) is 17.9. The molecule has 0 heterocycles. The molecule has 0 fully saturated rings. The van der Waals surface area contributed by atoms with Gasteiger partial charge in [-0.15, -0.1) is 0 Å². The maximum absolute atomic E-state index is 11.6. The SMILES string of the molecule is CC(C)(C)c1ccccc1OC(Cc1ccc(Cl)c(Cl)c1)C(=O)O. The summed E-state index contributed by atoms with van der Waals surface area (Å²) in [6.07, 6.45) is -0.809. The highest BCUT2D eigenvalue weighted by Gasteiger charge is 2.25. The number of aliphatic carboxylic acids is 1. The molecule has 2 rings (SSSR count). The van der Waals surface area contributed by atoms with Crippen molar-refractivity contribution in [2.75, 3.05) is 0 Å². The van der Waals surface area contributed by atoms with E-state index >= 15 is 0 Å². The number of rotatable bonds is 5. The Kier molecular flexibility index (Phi) is 5.79. The average molecular weight is 367 g/mol. The monoisotopic (exact) mass is 366 g/mol. The zero-order valence-corrected chi connectivity index (χ0v) is 15.4. The van der Waals surface area contributed by atoms with Crippen molar-refractivity contribution in [2.45, 2.75) is 38.7 Å². The summed E-state index contributed by atoms with van der Waals surface area (Å²) < 4.78 is 5.83. The Bertz CT molecular complexity index is 736. The lowest BCUT2D eigenvalue weighted by Crippen LogP contribution is -2.30. The molecule has 1 unspecified atom stereocenters. The van der Waals surface area contributed by atoms with Crippen molar-refractivity contribution in [1.29, 1.82) is 0 Å². The molecule has 1 N–H and O–H groups in total. The Labute approximate surface area is 152 Å². The fraction of sp³-hybridized carbons (Fsp3) is 0.316. The van der Waals surface area contributed by atoms with Crippen LogP contribution in [-0.4, -0.2) is 17.2 Å². The molecule has 0 aliphatic carbocycles. The van der Waals surface area contributed by atoms with E-state index in [0.717, 1.165) is 11.1 Å². The minimum Gasteiger partial charge on any atom is -0.478 e. The third-order valence-corrected chi connectivity index (χ3v) is 4.38. The molecule has 0 spiro atoms. The van der Waals surface area contributed by atoms with Crippen molar-refractivity contribution in [1.82, 2.24) is 0 Å². The van der Waals surface area contributed by atoms with E-state index in [4.69, 9.17) is 27.9 Å². The van der Waals surface area contributed by atoms with Crippen molar-refractivity contribution in [3.05, 3.63) is 63.6 Å². The molecule has 0 aliphatic rings. The first-order chi connectivity index (χ1) is 11.2. The van der Waals surface area contributed by atoms with Crippen molar-refractivity contribution >= 4 is 29.2 Å². The van der Waals surface area contributed by atoms with Crippen molar-refractivity contribution in [3.8, 4) is 5.75 Å². The van der Waals surface area contributed by atoms with E-state index in [1.807, 2.05) is 18.2 Å². The molecule has 2 aromatic carbocycles. The molecule has 0 saturated carbocycles. The Hall–Kier alpha value is -1.71. The molecule has 5 heteroatoms. The Balaban J connectivity index is 2.27. The lowest BCUT2D eigenvalue weighted by Gasteiger charge is -2.25. The van der Waals surface area contributed by atoms with Gasteiger partial charge in [0.2, 0.25) is 0 Å². The third kappa shape index (κ3) is 4.65. The van der Waals surface area contributed by atoms with E-state index in [1.54, 1.807) is 24.3 Å². The van der Waals surface area contributed by atoms with Crippen LogP contribution in [0.25, 0.3) is 0 Å². The van der Waals surface area contributed by atoms with Crippen LogP contribution in [0.15, 0.2) is 42.5 Å². The first-order valence-electron chi connectivity index (χ1n) is 7.61. The van der Waals surface area contributed by atoms with E-state index in [-0.39, 0.29) is 11.8 Å². The normalized spacial score (nSPS) is 12.7. The summed E-state index contributed by atoms with van der Waals surface area (Å²) in [6.45, 7) is 6.18. The number of carboxylic acid groups (broad SMARTS) is 1. The van der Waals surface area contributed by atoms with E-state index in [9.17, 15) is 9.90 Å². The quantitative estimate of drug-likeness (QED) is 0.773. The molecule has 0 amide bonds. The van der Waals surface area contributed by atoms with Crippen LogP contribution < -0.4 is 4.74 Å². The molecular weight excluding hydrogens is 347 g/mol. The summed E-state index contributed by atoms with van der Waals surface area (Å²) in [5.41, 5.74) is 1.57. The first-order valence-corrected chi connectivity index (χ1v) is 8.37. The Morgan fingerprint density at radius 3 is 2.38 bits per heavy atom. The van der Waals surface area contributed by atoms with E-state index in [1.165, 1.54) is 0 Å². The van der Waals surface area contributed by atoms with Crippen LogP contribution in [0, 0.1) is 0 Å². The summed E-state index contributed by atoms with van der Waals surface area (Å²) >= 11 is 11.9. The summed E-state index contributed by atoms with van der Waals surface area (Å²) in [4.78, 5) is 11.6. The minimum absolute atomic E-state index is 0.150. The summed E-state index contributed by atoms with van der Waals surface area (Å²) in [5.74, 6) is -0.442.